The van der Waals surface area contributed by atoms with E-state index in [1.54, 1.807) is 41.2 Å². The first-order chi connectivity index (χ1) is 13.1. The van der Waals surface area contributed by atoms with E-state index in [0.717, 1.165) is 12.8 Å². The number of carbonyl (C=O) groups is 2. The number of amides is 3. The molecule has 0 unspecified atom stereocenters. The lowest BCUT2D eigenvalue weighted by molar-refractivity contribution is -0.132. The summed E-state index contributed by atoms with van der Waals surface area (Å²) in [6, 6.07) is 8.52. The first-order valence-corrected chi connectivity index (χ1v) is 9.30. The highest BCUT2D eigenvalue weighted by molar-refractivity contribution is 6.33. The van der Waals surface area contributed by atoms with Gasteiger partial charge in [0.2, 0.25) is 5.91 Å². The van der Waals surface area contributed by atoms with Crippen molar-refractivity contribution in [3.8, 4) is 0 Å². The predicted molar refractivity (Wildman–Crippen MR) is 112 cm³/mol. The zero-order chi connectivity index (χ0) is 19.2. The molecule has 0 saturated carbocycles. The van der Waals surface area contributed by atoms with Crippen molar-refractivity contribution in [1.29, 1.82) is 0 Å². The number of rotatable bonds is 5. The Labute approximate surface area is 174 Å². The molecule has 1 aromatic carbocycles. The summed E-state index contributed by atoms with van der Waals surface area (Å²) in [6.45, 7) is 1.69. The first-order valence-electron chi connectivity index (χ1n) is 8.92. The van der Waals surface area contributed by atoms with E-state index in [1.165, 1.54) is 0 Å². The summed E-state index contributed by atoms with van der Waals surface area (Å²) in [5.74, 6) is 0.695. The van der Waals surface area contributed by atoms with Gasteiger partial charge < -0.3 is 16.0 Å². The number of urea groups is 1. The molecule has 2 heterocycles. The highest BCUT2D eigenvalue weighted by Gasteiger charge is 2.25. The highest BCUT2D eigenvalue weighted by Crippen LogP contribution is 2.26. The van der Waals surface area contributed by atoms with E-state index in [2.05, 4.69) is 15.7 Å². The van der Waals surface area contributed by atoms with Crippen molar-refractivity contribution in [2.75, 3.05) is 30.3 Å². The molecule has 1 aliphatic heterocycles. The molecule has 3 amide bonds. The molecule has 1 saturated heterocycles. The van der Waals surface area contributed by atoms with E-state index in [9.17, 15) is 9.59 Å². The third-order valence-corrected chi connectivity index (χ3v) is 4.88. The minimum absolute atomic E-state index is 0. The van der Waals surface area contributed by atoms with Gasteiger partial charge in [0.15, 0.2) is 0 Å². The number of halogens is 2. The van der Waals surface area contributed by atoms with Crippen LogP contribution in [0.2, 0.25) is 5.02 Å². The van der Waals surface area contributed by atoms with Gasteiger partial charge in [-0.1, -0.05) is 23.7 Å². The minimum atomic E-state index is -0.389. The average molecular weight is 427 g/mol. The van der Waals surface area contributed by atoms with E-state index in [-0.39, 0.29) is 30.4 Å². The molecule has 28 heavy (non-hydrogen) atoms. The Hall–Kier alpha value is -2.29. The van der Waals surface area contributed by atoms with Crippen LogP contribution in [0.25, 0.3) is 0 Å². The van der Waals surface area contributed by atoms with Gasteiger partial charge in [-0.25, -0.2) is 9.48 Å². The monoisotopic (exact) mass is 426 g/mol. The highest BCUT2D eigenvalue weighted by atomic mass is 35.5. The van der Waals surface area contributed by atoms with E-state index in [4.69, 9.17) is 17.3 Å². The first kappa shape index (κ1) is 22.0. The van der Waals surface area contributed by atoms with Crippen LogP contribution in [0.4, 0.5) is 16.3 Å². The SMILES string of the molecule is Cl.NCCC(=O)N1CCC(n2nccc2NC(=O)Nc2ccccc2Cl)CC1. The van der Waals surface area contributed by atoms with Crippen LogP contribution in [0.3, 0.4) is 0 Å². The Bertz CT molecular complexity index is 805. The molecule has 0 atom stereocenters. The number of hydrogen-bond donors (Lipinski definition) is 3. The number of para-hydroxylation sites is 1. The second kappa shape index (κ2) is 10.3. The average Bonchev–Trinajstić information content (AvgIpc) is 3.12. The van der Waals surface area contributed by atoms with Crippen LogP contribution in [-0.4, -0.2) is 46.3 Å². The number of likely N-dealkylation sites (tertiary alicyclic amines) is 1. The van der Waals surface area contributed by atoms with E-state index < -0.39 is 0 Å². The van der Waals surface area contributed by atoms with E-state index >= 15 is 0 Å². The van der Waals surface area contributed by atoms with E-state index in [1.807, 2.05) is 4.90 Å². The number of carbonyl (C=O) groups excluding carboxylic acids is 2. The molecule has 0 spiro atoms. The van der Waals surface area contributed by atoms with Gasteiger partial charge in [-0.15, -0.1) is 12.4 Å². The Morgan fingerprint density at radius 2 is 1.89 bits per heavy atom. The molecule has 1 aromatic heterocycles. The molecule has 1 fully saturated rings. The topological polar surface area (TPSA) is 105 Å². The summed E-state index contributed by atoms with van der Waals surface area (Å²) < 4.78 is 1.80. The van der Waals surface area contributed by atoms with Crippen molar-refractivity contribution in [2.24, 2.45) is 5.73 Å². The molecule has 0 aliphatic carbocycles. The lowest BCUT2D eigenvalue weighted by Gasteiger charge is -2.32. The summed E-state index contributed by atoms with van der Waals surface area (Å²) in [4.78, 5) is 26.1. The standard InChI is InChI=1S/C18H23ClN6O2.ClH/c19-14-3-1-2-4-15(14)22-18(27)23-16-6-10-21-25(16)13-7-11-24(12-8-13)17(26)5-9-20;/h1-4,6,10,13H,5,7-9,11-12,20H2,(H2,22,23,27);1H. The van der Waals surface area contributed by atoms with Crippen molar-refractivity contribution in [3.05, 3.63) is 41.6 Å². The van der Waals surface area contributed by atoms with Gasteiger partial charge in [0, 0.05) is 32.1 Å². The Morgan fingerprint density at radius 3 is 2.57 bits per heavy atom. The van der Waals surface area contributed by atoms with Gasteiger partial charge in [0.25, 0.3) is 0 Å². The maximum absolute atomic E-state index is 12.3. The number of nitrogens with one attached hydrogen (secondary N) is 2. The summed E-state index contributed by atoms with van der Waals surface area (Å²) in [6.07, 6.45) is 3.58. The van der Waals surface area contributed by atoms with Crippen molar-refractivity contribution in [3.63, 3.8) is 0 Å². The molecule has 0 bridgehead atoms. The van der Waals surface area contributed by atoms with Gasteiger partial charge in [0.05, 0.1) is 22.9 Å². The molecule has 8 nitrogen and oxygen atoms in total. The van der Waals surface area contributed by atoms with Gasteiger partial charge >= 0.3 is 6.03 Å². The molecule has 2 aromatic rings. The molecule has 4 N–H and O–H groups in total. The summed E-state index contributed by atoms with van der Waals surface area (Å²) in [5.41, 5.74) is 5.99. The summed E-state index contributed by atoms with van der Waals surface area (Å²) >= 11 is 6.06. The largest absolute Gasteiger partial charge is 0.343 e. The molecule has 3 rings (SSSR count). The van der Waals surface area contributed by atoms with Crippen LogP contribution in [0.5, 0.6) is 0 Å². The fraction of sp³-hybridized carbons (Fsp3) is 0.389. The number of hydrogen-bond acceptors (Lipinski definition) is 4. The summed E-state index contributed by atoms with van der Waals surface area (Å²) in [7, 11) is 0. The number of nitrogens with two attached hydrogens (primary N) is 1. The van der Waals surface area contributed by atoms with Gasteiger partial charge in [-0.05, 0) is 25.0 Å². The second-order valence-electron chi connectivity index (χ2n) is 6.37. The molecule has 0 radical (unpaired) electrons. The van der Waals surface area contributed by atoms with Crippen molar-refractivity contribution >= 4 is 47.5 Å². The third kappa shape index (κ3) is 5.37. The van der Waals surface area contributed by atoms with Crippen LogP contribution in [-0.2, 0) is 4.79 Å². The van der Waals surface area contributed by atoms with Gasteiger partial charge in [-0.3, -0.25) is 10.1 Å². The van der Waals surface area contributed by atoms with Crippen LogP contribution in [0.1, 0.15) is 25.3 Å². The molecular formula is C18H24Cl2N6O2. The van der Waals surface area contributed by atoms with Crippen molar-refractivity contribution in [2.45, 2.75) is 25.3 Å². The quantitative estimate of drug-likeness (QED) is 0.682. The summed E-state index contributed by atoms with van der Waals surface area (Å²) in [5, 5.41) is 10.4. The molecular weight excluding hydrogens is 403 g/mol. The van der Waals surface area contributed by atoms with Crippen LogP contribution in [0.15, 0.2) is 36.5 Å². The fourth-order valence-corrected chi connectivity index (χ4v) is 3.36. The Morgan fingerprint density at radius 1 is 1.18 bits per heavy atom. The molecule has 1 aliphatic rings. The number of benzene rings is 1. The zero-order valence-electron chi connectivity index (χ0n) is 15.3. The smallest absolute Gasteiger partial charge is 0.324 e. The van der Waals surface area contributed by atoms with Crippen molar-refractivity contribution < 1.29 is 9.59 Å². The van der Waals surface area contributed by atoms with Crippen LogP contribution in [0, 0.1) is 0 Å². The van der Waals surface area contributed by atoms with Crippen LogP contribution >= 0.6 is 24.0 Å². The number of anilines is 2. The minimum Gasteiger partial charge on any atom is -0.343 e. The maximum Gasteiger partial charge on any atom is 0.324 e. The van der Waals surface area contributed by atoms with E-state index in [0.29, 0.717) is 42.6 Å². The predicted octanol–water partition coefficient (Wildman–Crippen LogP) is 3.11. The number of nitrogens with zero attached hydrogens (tertiary/aromatic N) is 3. The van der Waals surface area contributed by atoms with Gasteiger partial charge in [0.1, 0.15) is 5.82 Å². The van der Waals surface area contributed by atoms with Crippen LogP contribution < -0.4 is 16.4 Å². The van der Waals surface area contributed by atoms with Crippen molar-refractivity contribution in [1.82, 2.24) is 14.7 Å². The molecule has 152 valence electrons. The molecule has 10 heteroatoms. The normalized spacial score (nSPS) is 14.3. The maximum atomic E-state index is 12.3. The Balaban J connectivity index is 0.00000280. The number of piperidine rings is 1. The van der Waals surface area contributed by atoms with Gasteiger partial charge in [-0.2, -0.15) is 5.10 Å². The number of aromatic nitrogens is 2. The lowest BCUT2D eigenvalue weighted by Crippen LogP contribution is -2.40. The Kier molecular flexibility index (Phi) is 8.10. The fourth-order valence-electron chi connectivity index (χ4n) is 3.18. The third-order valence-electron chi connectivity index (χ3n) is 4.56. The zero-order valence-corrected chi connectivity index (χ0v) is 16.9. The second-order valence-corrected chi connectivity index (χ2v) is 6.78. The lowest BCUT2D eigenvalue weighted by atomic mass is 10.0.